The van der Waals surface area contributed by atoms with Gasteiger partial charge in [-0.1, -0.05) is 45.0 Å². The number of nitrogens with two attached hydrogens (primary N) is 1. The lowest BCUT2D eigenvalue weighted by Crippen LogP contribution is -2.23. The summed E-state index contributed by atoms with van der Waals surface area (Å²) in [6.07, 6.45) is 0.906. The summed E-state index contributed by atoms with van der Waals surface area (Å²) in [5.41, 5.74) is 8.57. The van der Waals surface area contributed by atoms with Gasteiger partial charge in [0.05, 0.1) is 0 Å². The van der Waals surface area contributed by atoms with Gasteiger partial charge in [0, 0.05) is 18.6 Å². The van der Waals surface area contributed by atoms with Crippen LogP contribution in [0.4, 0.5) is 0 Å². The molecule has 0 radical (unpaired) electrons. The first-order valence-electron chi connectivity index (χ1n) is 6.06. The van der Waals surface area contributed by atoms with Gasteiger partial charge in [-0.2, -0.15) is 0 Å². The molecule has 0 spiro atoms. The normalized spacial score (nSPS) is 15.1. The predicted octanol–water partition coefficient (Wildman–Crippen LogP) is 2.83. The molecule has 0 saturated heterocycles. The second-order valence-electron chi connectivity index (χ2n) is 4.70. The molecular weight excluding hydrogens is 198 g/mol. The van der Waals surface area contributed by atoms with Crippen molar-refractivity contribution in [2.75, 3.05) is 6.61 Å². The van der Waals surface area contributed by atoms with Crippen LogP contribution in [-0.2, 0) is 0 Å². The van der Waals surface area contributed by atoms with Gasteiger partial charge in [0.25, 0.3) is 0 Å². The Morgan fingerprint density at radius 1 is 1.12 bits per heavy atom. The first kappa shape index (κ1) is 13.2. The second-order valence-corrected chi connectivity index (χ2v) is 4.70. The van der Waals surface area contributed by atoms with E-state index in [1.165, 1.54) is 5.56 Å². The first-order valence-corrected chi connectivity index (χ1v) is 6.06. The molecule has 0 heterocycles. The highest BCUT2D eigenvalue weighted by Gasteiger charge is 2.16. The van der Waals surface area contributed by atoms with E-state index in [-0.39, 0.29) is 18.6 Å². The molecule has 2 unspecified atom stereocenters. The molecule has 2 atom stereocenters. The SMILES string of the molecule is CCC(CO)C(N)c1ccc(C(C)C)cc1. The zero-order chi connectivity index (χ0) is 12.1. The summed E-state index contributed by atoms with van der Waals surface area (Å²) >= 11 is 0. The number of rotatable bonds is 5. The van der Waals surface area contributed by atoms with Gasteiger partial charge in [0.1, 0.15) is 0 Å². The van der Waals surface area contributed by atoms with Gasteiger partial charge in [-0.05, 0) is 23.5 Å². The van der Waals surface area contributed by atoms with Gasteiger partial charge in [0.2, 0.25) is 0 Å². The number of hydrogen-bond donors (Lipinski definition) is 2. The third-order valence-electron chi connectivity index (χ3n) is 3.25. The van der Waals surface area contributed by atoms with Crippen molar-refractivity contribution >= 4 is 0 Å². The van der Waals surface area contributed by atoms with Crippen molar-refractivity contribution in [3.8, 4) is 0 Å². The van der Waals surface area contributed by atoms with Gasteiger partial charge >= 0.3 is 0 Å². The van der Waals surface area contributed by atoms with Crippen LogP contribution in [0, 0.1) is 5.92 Å². The van der Waals surface area contributed by atoms with Gasteiger partial charge in [0.15, 0.2) is 0 Å². The summed E-state index contributed by atoms with van der Waals surface area (Å²) in [5.74, 6) is 0.704. The Balaban J connectivity index is 2.80. The quantitative estimate of drug-likeness (QED) is 0.803. The van der Waals surface area contributed by atoms with Crippen LogP contribution in [0.5, 0.6) is 0 Å². The fourth-order valence-electron chi connectivity index (χ4n) is 1.87. The molecule has 0 bridgehead atoms. The minimum absolute atomic E-state index is 0.0591. The van der Waals surface area contributed by atoms with Crippen molar-refractivity contribution in [3.63, 3.8) is 0 Å². The van der Waals surface area contributed by atoms with Crippen molar-refractivity contribution < 1.29 is 5.11 Å². The molecular formula is C14H23NO. The Morgan fingerprint density at radius 2 is 1.62 bits per heavy atom. The minimum Gasteiger partial charge on any atom is -0.396 e. The Kier molecular flexibility index (Phi) is 4.97. The van der Waals surface area contributed by atoms with Crippen LogP contribution in [0.25, 0.3) is 0 Å². The number of aliphatic hydroxyl groups excluding tert-OH is 1. The highest BCUT2D eigenvalue weighted by molar-refractivity contribution is 5.27. The molecule has 0 aliphatic carbocycles. The standard InChI is InChI=1S/C14H23NO/c1-4-11(9-16)14(15)13-7-5-12(6-8-13)10(2)3/h5-8,10-11,14,16H,4,9,15H2,1-3H3. The van der Waals surface area contributed by atoms with Crippen LogP contribution in [0.1, 0.15) is 50.3 Å². The maximum absolute atomic E-state index is 9.22. The Morgan fingerprint density at radius 3 is 2.00 bits per heavy atom. The maximum Gasteiger partial charge on any atom is 0.0477 e. The predicted molar refractivity (Wildman–Crippen MR) is 68.3 cm³/mol. The van der Waals surface area contributed by atoms with Crippen LogP contribution in [0.3, 0.4) is 0 Å². The fraction of sp³-hybridized carbons (Fsp3) is 0.571. The molecule has 1 aromatic carbocycles. The van der Waals surface area contributed by atoms with Crippen LogP contribution in [0.2, 0.25) is 0 Å². The lowest BCUT2D eigenvalue weighted by molar-refractivity contribution is 0.200. The summed E-state index contributed by atoms with van der Waals surface area (Å²) in [6.45, 7) is 6.57. The highest BCUT2D eigenvalue weighted by Crippen LogP contribution is 2.23. The molecule has 0 fully saturated rings. The molecule has 0 aliphatic heterocycles. The van der Waals surface area contributed by atoms with Crippen molar-refractivity contribution in [2.24, 2.45) is 11.7 Å². The molecule has 1 rings (SSSR count). The third-order valence-corrected chi connectivity index (χ3v) is 3.25. The minimum atomic E-state index is -0.0591. The Labute approximate surface area is 98.5 Å². The zero-order valence-corrected chi connectivity index (χ0v) is 10.5. The molecule has 0 aliphatic rings. The summed E-state index contributed by atoms with van der Waals surface area (Å²) in [7, 11) is 0. The molecule has 2 heteroatoms. The third kappa shape index (κ3) is 3.06. The molecule has 0 saturated carbocycles. The average Bonchev–Trinajstić information content (AvgIpc) is 2.30. The maximum atomic E-state index is 9.22. The van der Waals surface area contributed by atoms with E-state index in [2.05, 4.69) is 45.0 Å². The summed E-state index contributed by atoms with van der Waals surface area (Å²) < 4.78 is 0. The highest BCUT2D eigenvalue weighted by atomic mass is 16.3. The first-order chi connectivity index (χ1) is 7.60. The van der Waals surface area contributed by atoms with Crippen LogP contribution in [-0.4, -0.2) is 11.7 Å². The molecule has 0 aromatic heterocycles. The Hall–Kier alpha value is -0.860. The van der Waals surface area contributed by atoms with E-state index in [4.69, 9.17) is 5.73 Å². The van der Waals surface area contributed by atoms with Gasteiger partial charge < -0.3 is 10.8 Å². The molecule has 2 nitrogen and oxygen atoms in total. The number of aliphatic hydroxyl groups is 1. The average molecular weight is 221 g/mol. The van der Waals surface area contributed by atoms with E-state index in [0.717, 1.165) is 12.0 Å². The van der Waals surface area contributed by atoms with E-state index in [0.29, 0.717) is 5.92 Å². The summed E-state index contributed by atoms with van der Waals surface area (Å²) in [6, 6.07) is 8.36. The van der Waals surface area contributed by atoms with E-state index < -0.39 is 0 Å². The smallest absolute Gasteiger partial charge is 0.0477 e. The zero-order valence-electron chi connectivity index (χ0n) is 10.5. The second kappa shape index (κ2) is 6.02. The number of hydrogen-bond acceptors (Lipinski definition) is 2. The topological polar surface area (TPSA) is 46.2 Å². The molecule has 1 aromatic rings. The number of benzene rings is 1. The lowest BCUT2D eigenvalue weighted by atomic mass is 9.91. The van der Waals surface area contributed by atoms with Crippen LogP contribution in [0.15, 0.2) is 24.3 Å². The van der Waals surface area contributed by atoms with E-state index >= 15 is 0 Å². The van der Waals surface area contributed by atoms with E-state index in [9.17, 15) is 5.11 Å². The molecule has 16 heavy (non-hydrogen) atoms. The van der Waals surface area contributed by atoms with Crippen molar-refractivity contribution in [3.05, 3.63) is 35.4 Å². The lowest BCUT2D eigenvalue weighted by Gasteiger charge is -2.21. The summed E-state index contributed by atoms with van der Waals surface area (Å²) in [4.78, 5) is 0. The van der Waals surface area contributed by atoms with Crippen molar-refractivity contribution in [1.82, 2.24) is 0 Å². The molecule has 90 valence electrons. The van der Waals surface area contributed by atoms with Crippen LogP contribution < -0.4 is 5.73 Å². The Bertz CT molecular complexity index is 301. The fourth-order valence-corrected chi connectivity index (χ4v) is 1.87. The van der Waals surface area contributed by atoms with Crippen LogP contribution >= 0.6 is 0 Å². The van der Waals surface area contributed by atoms with Crippen molar-refractivity contribution in [2.45, 2.75) is 39.2 Å². The monoisotopic (exact) mass is 221 g/mol. The molecule has 3 N–H and O–H groups in total. The van der Waals surface area contributed by atoms with E-state index in [1.54, 1.807) is 0 Å². The largest absolute Gasteiger partial charge is 0.396 e. The van der Waals surface area contributed by atoms with Gasteiger partial charge in [-0.25, -0.2) is 0 Å². The van der Waals surface area contributed by atoms with Gasteiger partial charge in [-0.15, -0.1) is 0 Å². The summed E-state index contributed by atoms with van der Waals surface area (Å²) in [5, 5.41) is 9.22. The van der Waals surface area contributed by atoms with Crippen molar-refractivity contribution in [1.29, 1.82) is 0 Å². The van der Waals surface area contributed by atoms with E-state index in [1.807, 2.05) is 0 Å². The molecule has 0 amide bonds. The van der Waals surface area contributed by atoms with Gasteiger partial charge in [-0.3, -0.25) is 0 Å².